The molecule has 0 spiro atoms. The zero-order valence-electron chi connectivity index (χ0n) is 8.55. The van der Waals surface area contributed by atoms with Gasteiger partial charge in [-0.25, -0.2) is 4.39 Å². The van der Waals surface area contributed by atoms with Crippen LogP contribution in [0.4, 0.5) is 4.39 Å². The van der Waals surface area contributed by atoms with Gasteiger partial charge in [0.2, 0.25) is 0 Å². The monoisotopic (exact) mass is 307 g/mol. The van der Waals surface area contributed by atoms with Gasteiger partial charge in [0.15, 0.2) is 0 Å². The molecule has 0 saturated carbocycles. The van der Waals surface area contributed by atoms with E-state index in [0.717, 1.165) is 12.8 Å². The van der Waals surface area contributed by atoms with Crippen LogP contribution >= 0.6 is 27.5 Å². The lowest BCUT2D eigenvalue weighted by molar-refractivity contribution is 0.0890. The molecule has 1 aromatic rings. The van der Waals surface area contributed by atoms with Crippen LogP contribution in [-0.2, 0) is 4.74 Å². The molecule has 0 aliphatic carbocycles. The number of ether oxygens (including phenoxy) is 1. The number of halogens is 3. The van der Waals surface area contributed by atoms with Crippen molar-refractivity contribution in [2.45, 2.75) is 25.0 Å². The van der Waals surface area contributed by atoms with Crippen LogP contribution in [0.15, 0.2) is 16.6 Å². The van der Waals surface area contributed by atoms with Gasteiger partial charge in [-0.15, -0.1) is 0 Å². The molecule has 5 heteroatoms. The molecule has 2 atom stereocenters. The summed E-state index contributed by atoms with van der Waals surface area (Å²) in [6.07, 6.45) is 1.74. The highest BCUT2D eigenvalue weighted by atomic mass is 79.9. The molecular weight excluding hydrogens is 296 g/mol. The summed E-state index contributed by atoms with van der Waals surface area (Å²) in [5.41, 5.74) is 6.40. The summed E-state index contributed by atoms with van der Waals surface area (Å²) in [6, 6.07) is 2.45. The van der Waals surface area contributed by atoms with E-state index in [1.54, 1.807) is 6.07 Å². The van der Waals surface area contributed by atoms with Crippen LogP contribution in [0.3, 0.4) is 0 Å². The zero-order chi connectivity index (χ0) is 11.7. The van der Waals surface area contributed by atoms with Gasteiger partial charge in [-0.2, -0.15) is 0 Å². The minimum absolute atomic E-state index is 0.105. The van der Waals surface area contributed by atoms with E-state index in [1.165, 1.54) is 6.07 Å². The van der Waals surface area contributed by atoms with Crippen molar-refractivity contribution in [2.75, 3.05) is 6.61 Å². The van der Waals surface area contributed by atoms with Crippen LogP contribution in [0, 0.1) is 5.82 Å². The highest BCUT2D eigenvalue weighted by molar-refractivity contribution is 9.10. The van der Waals surface area contributed by atoms with Gasteiger partial charge in [-0.1, -0.05) is 11.6 Å². The lowest BCUT2D eigenvalue weighted by atomic mass is 10.00. The van der Waals surface area contributed by atoms with E-state index in [4.69, 9.17) is 22.1 Å². The van der Waals surface area contributed by atoms with Crippen LogP contribution in [0.5, 0.6) is 0 Å². The molecule has 1 aliphatic heterocycles. The maximum Gasteiger partial charge on any atom is 0.129 e. The fourth-order valence-electron chi connectivity index (χ4n) is 1.88. The number of rotatable bonds is 2. The molecular formula is C11H12BrClFNO. The van der Waals surface area contributed by atoms with Crippen LogP contribution in [0.1, 0.15) is 24.4 Å². The average Bonchev–Trinajstić information content (AvgIpc) is 2.75. The van der Waals surface area contributed by atoms with Crippen molar-refractivity contribution in [3.8, 4) is 0 Å². The van der Waals surface area contributed by atoms with Crippen molar-refractivity contribution >= 4 is 27.5 Å². The lowest BCUT2D eigenvalue weighted by Crippen LogP contribution is -2.26. The molecule has 1 aliphatic rings. The van der Waals surface area contributed by atoms with E-state index < -0.39 is 6.04 Å². The summed E-state index contributed by atoms with van der Waals surface area (Å²) in [5, 5.41) is 0.463. The molecule has 1 aromatic carbocycles. The highest BCUT2D eigenvalue weighted by Gasteiger charge is 2.26. The van der Waals surface area contributed by atoms with Gasteiger partial charge in [0.1, 0.15) is 5.82 Å². The third kappa shape index (κ3) is 2.40. The van der Waals surface area contributed by atoms with Gasteiger partial charge in [-0.05, 0) is 40.9 Å². The molecule has 2 nitrogen and oxygen atoms in total. The molecule has 2 unspecified atom stereocenters. The second kappa shape index (κ2) is 5.00. The first-order chi connectivity index (χ1) is 7.59. The van der Waals surface area contributed by atoms with Crippen molar-refractivity contribution in [2.24, 2.45) is 5.73 Å². The Morgan fingerprint density at radius 3 is 2.94 bits per heavy atom. The smallest absolute Gasteiger partial charge is 0.129 e. The third-order valence-corrected chi connectivity index (χ3v) is 3.96. The molecule has 0 amide bonds. The summed E-state index contributed by atoms with van der Waals surface area (Å²) >= 11 is 9.10. The summed E-state index contributed by atoms with van der Waals surface area (Å²) in [7, 11) is 0. The van der Waals surface area contributed by atoms with Crippen LogP contribution in [0.2, 0.25) is 5.02 Å². The van der Waals surface area contributed by atoms with Gasteiger partial charge < -0.3 is 10.5 Å². The van der Waals surface area contributed by atoms with Crippen molar-refractivity contribution in [1.82, 2.24) is 0 Å². The second-order valence-corrected chi connectivity index (χ2v) is 5.13. The Hall–Kier alpha value is -0.160. The fraction of sp³-hybridized carbons (Fsp3) is 0.455. The topological polar surface area (TPSA) is 35.2 Å². The Bertz CT molecular complexity index is 396. The quantitative estimate of drug-likeness (QED) is 0.850. The van der Waals surface area contributed by atoms with E-state index >= 15 is 0 Å². The molecule has 1 saturated heterocycles. The molecule has 0 radical (unpaired) electrons. The molecule has 2 N–H and O–H groups in total. The first-order valence-corrected chi connectivity index (χ1v) is 6.28. The van der Waals surface area contributed by atoms with E-state index in [1.807, 2.05) is 0 Å². The van der Waals surface area contributed by atoms with Gasteiger partial charge in [0.25, 0.3) is 0 Å². The van der Waals surface area contributed by atoms with Gasteiger partial charge >= 0.3 is 0 Å². The summed E-state index contributed by atoms with van der Waals surface area (Å²) in [6.45, 7) is 0.699. The van der Waals surface area contributed by atoms with Crippen LogP contribution in [-0.4, -0.2) is 12.7 Å². The largest absolute Gasteiger partial charge is 0.376 e. The van der Waals surface area contributed by atoms with E-state index in [9.17, 15) is 4.39 Å². The third-order valence-electron chi connectivity index (χ3n) is 2.76. The van der Waals surface area contributed by atoms with E-state index in [0.29, 0.717) is 21.7 Å². The Labute approximate surface area is 107 Å². The van der Waals surface area contributed by atoms with Crippen LogP contribution < -0.4 is 5.73 Å². The van der Waals surface area contributed by atoms with Crippen molar-refractivity contribution in [3.63, 3.8) is 0 Å². The SMILES string of the molecule is NC(c1cc(Cl)c(Br)cc1F)C1CCCO1. The predicted octanol–water partition coefficient (Wildman–Crippen LogP) is 3.42. The fourth-order valence-corrected chi connectivity index (χ4v) is 2.37. The summed E-state index contributed by atoms with van der Waals surface area (Å²) < 4.78 is 19.7. The standard InChI is InChI=1S/C11H12BrClFNO/c12-7-5-9(14)6(4-8(7)13)11(15)10-2-1-3-16-10/h4-5,10-11H,1-3,15H2. The molecule has 2 rings (SSSR count). The zero-order valence-corrected chi connectivity index (χ0v) is 10.9. The average molecular weight is 309 g/mol. The number of hydrogen-bond donors (Lipinski definition) is 1. The first-order valence-electron chi connectivity index (χ1n) is 5.11. The van der Waals surface area contributed by atoms with E-state index in [2.05, 4.69) is 15.9 Å². The predicted molar refractivity (Wildman–Crippen MR) is 65.0 cm³/mol. The second-order valence-electron chi connectivity index (χ2n) is 3.87. The summed E-state index contributed by atoms with van der Waals surface area (Å²) in [5.74, 6) is -0.348. The highest BCUT2D eigenvalue weighted by Crippen LogP contribution is 2.32. The Morgan fingerprint density at radius 1 is 1.56 bits per heavy atom. The maximum atomic E-state index is 13.7. The molecule has 1 heterocycles. The Morgan fingerprint density at radius 2 is 2.31 bits per heavy atom. The first kappa shape index (κ1) is 12.3. The minimum atomic E-state index is -0.451. The van der Waals surface area contributed by atoms with Gasteiger partial charge in [-0.3, -0.25) is 0 Å². The molecule has 0 aromatic heterocycles. The molecule has 1 fully saturated rings. The Balaban J connectivity index is 2.28. The lowest BCUT2D eigenvalue weighted by Gasteiger charge is -2.19. The summed E-state index contributed by atoms with van der Waals surface area (Å²) in [4.78, 5) is 0. The maximum absolute atomic E-state index is 13.7. The molecule has 16 heavy (non-hydrogen) atoms. The van der Waals surface area contributed by atoms with Crippen molar-refractivity contribution < 1.29 is 9.13 Å². The van der Waals surface area contributed by atoms with Crippen molar-refractivity contribution in [3.05, 3.63) is 33.0 Å². The molecule has 0 bridgehead atoms. The molecule has 88 valence electrons. The van der Waals surface area contributed by atoms with Gasteiger partial charge in [0.05, 0.1) is 17.2 Å². The normalized spacial score (nSPS) is 22.4. The van der Waals surface area contributed by atoms with Crippen molar-refractivity contribution in [1.29, 1.82) is 0 Å². The van der Waals surface area contributed by atoms with Crippen LogP contribution in [0.25, 0.3) is 0 Å². The minimum Gasteiger partial charge on any atom is -0.376 e. The number of hydrogen-bond acceptors (Lipinski definition) is 2. The van der Waals surface area contributed by atoms with E-state index in [-0.39, 0.29) is 11.9 Å². The number of benzene rings is 1. The van der Waals surface area contributed by atoms with Gasteiger partial charge in [0, 0.05) is 16.6 Å². The number of nitrogens with two attached hydrogens (primary N) is 1. The Kier molecular flexibility index (Phi) is 3.85.